The van der Waals surface area contributed by atoms with E-state index >= 15 is 0 Å². The van der Waals surface area contributed by atoms with Crippen LogP contribution in [0.2, 0.25) is 0 Å². The molecule has 6 aromatic rings. The zero-order valence-electron chi connectivity index (χ0n) is 21.9. The Morgan fingerprint density at radius 1 is 0.821 bits per heavy atom. The number of hydrogen-bond donors (Lipinski definition) is 3. The molecule has 0 radical (unpaired) electrons. The fourth-order valence-corrected chi connectivity index (χ4v) is 5.40. The lowest BCUT2D eigenvalue weighted by Gasteiger charge is -2.05. The number of carbonyl (C=O) groups is 2. The summed E-state index contributed by atoms with van der Waals surface area (Å²) in [5.74, 6) is -0.679. The van der Waals surface area contributed by atoms with Gasteiger partial charge in [0.05, 0.1) is 11.4 Å². The van der Waals surface area contributed by atoms with Gasteiger partial charge in [0.25, 0.3) is 5.91 Å². The normalized spacial score (nSPS) is 10.5. The molecule has 0 bridgehead atoms. The quantitative estimate of drug-likeness (QED) is 0.224. The van der Waals surface area contributed by atoms with Crippen molar-refractivity contribution < 1.29 is 14.7 Å². The predicted molar refractivity (Wildman–Crippen MR) is 159 cm³/mol. The van der Waals surface area contributed by atoms with Crippen LogP contribution in [0.25, 0.3) is 20.2 Å². The molecule has 0 saturated heterocycles. The molecule has 4 aromatic heterocycles. The van der Waals surface area contributed by atoms with Crippen LogP contribution in [0.15, 0.2) is 71.7 Å². The van der Waals surface area contributed by atoms with Gasteiger partial charge in [0.15, 0.2) is 5.82 Å². The van der Waals surface area contributed by atoms with Gasteiger partial charge >= 0.3 is 5.97 Å². The van der Waals surface area contributed by atoms with Crippen LogP contribution in [0.4, 0.5) is 11.4 Å². The first-order valence-corrected chi connectivity index (χ1v) is 13.6. The number of aromatic carboxylic acids is 1. The number of thiophene rings is 2. The monoisotopic (exact) mass is 560 g/mol. The summed E-state index contributed by atoms with van der Waals surface area (Å²) >= 11 is 3.43. The number of imidazole rings is 2. The minimum atomic E-state index is -0.990. The van der Waals surface area contributed by atoms with Gasteiger partial charge in [-0.25, -0.2) is 14.8 Å². The second-order valence-corrected chi connectivity index (χ2v) is 10.7. The van der Waals surface area contributed by atoms with Crippen LogP contribution in [0.5, 0.6) is 0 Å². The maximum Gasteiger partial charge on any atom is 0.372 e. The maximum atomic E-state index is 12.1. The van der Waals surface area contributed by atoms with Gasteiger partial charge in [0.2, 0.25) is 5.82 Å². The molecule has 0 saturated carbocycles. The third-order valence-electron chi connectivity index (χ3n) is 5.57. The fraction of sp³-hybridized carbons (Fsp3) is 0.143. The zero-order valence-corrected chi connectivity index (χ0v) is 23.5. The standard InChI is InChI=1S/C14H13N3OS.C8H7NS.C6H8N2O2/c1-9-8-17(2)13(15-9)14(18)16-11-3-4-12-10(7-11)5-6-19-12;9-7-1-2-8-6(5-7)3-4-10-8;1-4-3-8(2)5(7-4)6(9)10/h3-8H,1-2H3,(H,16,18);1-5H,9H2;3H,1-2H3,(H,9,10). The van der Waals surface area contributed by atoms with Crippen LogP contribution >= 0.6 is 22.7 Å². The molecule has 0 aliphatic rings. The van der Waals surface area contributed by atoms with Gasteiger partial charge in [-0.1, -0.05) is 0 Å². The van der Waals surface area contributed by atoms with Gasteiger partial charge in [-0.05, 0) is 83.9 Å². The molecule has 0 aliphatic carbocycles. The Labute approximate surface area is 233 Å². The van der Waals surface area contributed by atoms with Crippen LogP contribution in [-0.2, 0) is 14.1 Å². The Kier molecular flexibility index (Phi) is 8.43. The number of anilines is 2. The topological polar surface area (TPSA) is 128 Å². The first kappa shape index (κ1) is 27.6. The molecular formula is C28H28N6O3S2. The van der Waals surface area contributed by atoms with Crippen molar-refractivity contribution in [3.8, 4) is 0 Å². The van der Waals surface area contributed by atoms with E-state index in [1.54, 1.807) is 47.4 Å². The summed E-state index contributed by atoms with van der Waals surface area (Å²) < 4.78 is 5.73. The second kappa shape index (κ2) is 11.9. The number of fused-ring (bicyclic) bond motifs is 2. The summed E-state index contributed by atoms with van der Waals surface area (Å²) in [4.78, 5) is 30.5. The highest BCUT2D eigenvalue weighted by Crippen LogP contribution is 2.24. The van der Waals surface area contributed by atoms with E-state index in [-0.39, 0.29) is 11.7 Å². The molecule has 0 aliphatic heterocycles. The molecule has 1 amide bonds. The average Bonchev–Trinajstić information content (AvgIpc) is 3.66. The number of aromatic nitrogens is 4. The van der Waals surface area contributed by atoms with Crippen molar-refractivity contribution in [2.75, 3.05) is 11.1 Å². The predicted octanol–water partition coefficient (Wildman–Crippen LogP) is 6.11. The molecule has 6 rings (SSSR count). The number of hydrogen-bond acceptors (Lipinski definition) is 7. The molecule has 4 heterocycles. The highest BCUT2D eigenvalue weighted by molar-refractivity contribution is 7.17. The number of nitrogens with two attached hydrogens (primary N) is 1. The molecular weight excluding hydrogens is 532 g/mol. The van der Waals surface area contributed by atoms with Crippen molar-refractivity contribution in [3.05, 3.63) is 94.7 Å². The Hall–Kier alpha value is -4.48. The lowest BCUT2D eigenvalue weighted by atomic mass is 10.2. The van der Waals surface area contributed by atoms with Gasteiger partial charge in [-0.2, -0.15) is 0 Å². The summed E-state index contributed by atoms with van der Waals surface area (Å²) in [6.07, 6.45) is 3.50. The number of benzene rings is 2. The van der Waals surface area contributed by atoms with E-state index in [0.29, 0.717) is 5.82 Å². The molecule has 0 fully saturated rings. The average molecular weight is 561 g/mol. The Morgan fingerprint density at radius 2 is 1.36 bits per heavy atom. The van der Waals surface area contributed by atoms with Crippen LogP contribution in [0, 0.1) is 13.8 Å². The summed E-state index contributed by atoms with van der Waals surface area (Å²) in [6.45, 7) is 3.63. The molecule has 0 atom stereocenters. The van der Waals surface area contributed by atoms with E-state index in [4.69, 9.17) is 10.8 Å². The van der Waals surface area contributed by atoms with E-state index in [9.17, 15) is 9.59 Å². The first-order chi connectivity index (χ1) is 18.6. The number of amides is 1. The van der Waals surface area contributed by atoms with Gasteiger partial charge in [0.1, 0.15) is 0 Å². The van der Waals surface area contributed by atoms with Crippen molar-refractivity contribution in [3.63, 3.8) is 0 Å². The Bertz CT molecular complexity index is 1760. The highest BCUT2D eigenvalue weighted by atomic mass is 32.1. The number of carbonyl (C=O) groups excluding carboxylic acids is 1. The molecule has 9 nitrogen and oxygen atoms in total. The van der Waals surface area contributed by atoms with E-state index in [1.165, 1.54) is 19.4 Å². The van der Waals surface area contributed by atoms with Crippen LogP contribution in [-0.4, -0.2) is 36.1 Å². The Morgan fingerprint density at radius 3 is 1.87 bits per heavy atom. The van der Waals surface area contributed by atoms with Crippen LogP contribution in [0.1, 0.15) is 32.6 Å². The summed E-state index contributed by atoms with van der Waals surface area (Å²) in [6, 6.07) is 16.0. The minimum absolute atomic E-state index is 0.0810. The lowest BCUT2D eigenvalue weighted by Crippen LogP contribution is -2.16. The third-order valence-corrected chi connectivity index (χ3v) is 7.37. The zero-order chi connectivity index (χ0) is 28.1. The number of rotatable bonds is 3. The summed E-state index contributed by atoms with van der Waals surface area (Å²) in [5, 5.41) is 17.9. The van der Waals surface area contributed by atoms with E-state index < -0.39 is 5.97 Å². The van der Waals surface area contributed by atoms with Crippen molar-refractivity contribution in [1.82, 2.24) is 19.1 Å². The highest BCUT2D eigenvalue weighted by Gasteiger charge is 2.13. The first-order valence-electron chi connectivity index (χ1n) is 11.9. The molecule has 0 unspecified atom stereocenters. The van der Waals surface area contributed by atoms with E-state index in [2.05, 4.69) is 32.8 Å². The van der Waals surface area contributed by atoms with Crippen LogP contribution in [0.3, 0.4) is 0 Å². The smallest absolute Gasteiger partial charge is 0.372 e. The number of nitrogens with zero attached hydrogens (tertiary/aromatic N) is 4. The number of carboxylic acids is 1. The number of carboxylic acid groups (broad SMARTS) is 1. The number of nitrogen functional groups attached to an aromatic ring is 1. The number of nitrogens with one attached hydrogen (secondary N) is 1. The van der Waals surface area contributed by atoms with E-state index in [1.807, 2.05) is 61.9 Å². The lowest BCUT2D eigenvalue weighted by molar-refractivity contribution is 0.0679. The molecule has 4 N–H and O–H groups in total. The van der Waals surface area contributed by atoms with Gasteiger partial charge in [0, 0.05) is 47.3 Å². The Balaban J connectivity index is 0.000000149. The summed E-state index contributed by atoms with van der Waals surface area (Å²) in [7, 11) is 3.47. The molecule has 39 heavy (non-hydrogen) atoms. The second-order valence-electron chi connectivity index (χ2n) is 8.78. The maximum absolute atomic E-state index is 12.1. The van der Waals surface area contributed by atoms with Crippen molar-refractivity contribution in [2.24, 2.45) is 14.1 Å². The van der Waals surface area contributed by atoms with Gasteiger partial charge in [-0.3, -0.25) is 4.79 Å². The van der Waals surface area contributed by atoms with Crippen LogP contribution < -0.4 is 11.1 Å². The summed E-state index contributed by atoms with van der Waals surface area (Å²) in [5.41, 5.74) is 8.77. The molecule has 2 aromatic carbocycles. The largest absolute Gasteiger partial charge is 0.475 e. The molecule has 0 spiro atoms. The number of aryl methyl sites for hydroxylation is 4. The minimum Gasteiger partial charge on any atom is -0.475 e. The van der Waals surface area contributed by atoms with Gasteiger partial charge < -0.3 is 25.3 Å². The van der Waals surface area contributed by atoms with Crippen molar-refractivity contribution in [2.45, 2.75) is 13.8 Å². The fourth-order valence-electron chi connectivity index (χ4n) is 3.86. The van der Waals surface area contributed by atoms with Crippen molar-refractivity contribution in [1.29, 1.82) is 0 Å². The molecule has 200 valence electrons. The van der Waals surface area contributed by atoms with Crippen molar-refractivity contribution >= 4 is 66.1 Å². The third kappa shape index (κ3) is 6.89. The van der Waals surface area contributed by atoms with E-state index in [0.717, 1.165) is 28.1 Å². The molecule has 11 heteroatoms. The SMILES string of the molecule is Cc1cn(C)c(C(=O)Nc2ccc3sccc3c2)n1.Cc1cn(C)c(C(=O)O)n1.Nc1ccc2sccc2c1. The van der Waals surface area contributed by atoms with Gasteiger partial charge in [-0.15, -0.1) is 22.7 Å².